The van der Waals surface area contributed by atoms with E-state index in [0.29, 0.717) is 11.3 Å². The van der Waals surface area contributed by atoms with Gasteiger partial charge in [-0.2, -0.15) is 0 Å². The average Bonchev–Trinajstić information content (AvgIpc) is 2.48. The van der Waals surface area contributed by atoms with E-state index in [2.05, 4.69) is 21.2 Å². The molecular formula is C15H11BrFNO3. The third-order valence-electron chi connectivity index (χ3n) is 2.54. The minimum atomic E-state index is -0.586. The van der Waals surface area contributed by atoms with Gasteiger partial charge in [0.25, 0.3) is 5.91 Å². The first-order chi connectivity index (χ1) is 10.0. The van der Waals surface area contributed by atoms with E-state index < -0.39 is 24.3 Å². The van der Waals surface area contributed by atoms with Crippen LogP contribution >= 0.6 is 15.9 Å². The summed E-state index contributed by atoms with van der Waals surface area (Å²) in [7, 11) is 0. The molecule has 0 radical (unpaired) electrons. The Balaban J connectivity index is 1.84. The average molecular weight is 352 g/mol. The van der Waals surface area contributed by atoms with Crippen LogP contribution in [-0.2, 0) is 9.53 Å². The maximum Gasteiger partial charge on any atom is 0.338 e. The summed E-state index contributed by atoms with van der Waals surface area (Å²) in [4.78, 5) is 23.3. The van der Waals surface area contributed by atoms with Crippen LogP contribution in [0.15, 0.2) is 53.0 Å². The lowest BCUT2D eigenvalue weighted by Gasteiger charge is -2.06. The van der Waals surface area contributed by atoms with Crippen LogP contribution in [0.5, 0.6) is 0 Å². The van der Waals surface area contributed by atoms with Gasteiger partial charge in [-0.3, -0.25) is 4.79 Å². The topological polar surface area (TPSA) is 55.4 Å². The number of benzene rings is 2. The Bertz CT molecular complexity index is 641. The second-order valence-electron chi connectivity index (χ2n) is 4.14. The second-order valence-corrected chi connectivity index (χ2v) is 5.05. The number of hydrogen-bond donors (Lipinski definition) is 1. The molecule has 0 saturated heterocycles. The van der Waals surface area contributed by atoms with Crippen LogP contribution < -0.4 is 5.32 Å². The van der Waals surface area contributed by atoms with Crippen molar-refractivity contribution in [1.82, 2.24) is 0 Å². The molecular weight excluding hydrogens is 341 g/mol. The standard InChI is InChI=1S/C15H11BrFNO3/c16-11-3-1-10(2-4-11)15(20)21-9-14(19)18-13-7-5-12(17)6-8-13/h1-8H,9H2,(H,18,19). The third kappa shape index (κ3) is 4.68. The van der Waals surface area contributed by atoms with E-state index in [1.807, 2.05) is 0 Å². The fourth-order valence-corrected chi connectivity index (χ4v) is 1.80. The van der Waals surface area contributed by atoms with Crippen LogP contribution in [0.2, 0.25) is 0 Å². The minimum Gasteiger partial charge on any atom is -0.452 e. The highest BCUT2D eigenvalue weighted by Gasteiger charge is 2.10. The monoisotopic (exact) mass is 351 g/mol. The molecule has 0 aliphatic carbocycles. The first kappa shape index (κ1) is 15.2. The SMILES string of the molecule is O=C(COC(=O)c1ccc(Br)cc1)Nc1ccc(F)cc1. The summed E-state index contributed by atoms with van der Waals surface area (Å²) >= 11 is 3.26. The molecule has 0 fully saturated rings. The molecule has 0 atom stereocenters. The molecule has 4 nitrogen and oxygen atoms in total. The van der Waals surface area contributed by atoms with E-state index in [1.54, 1.807) is 24.3 Å². The van der Waals surface area contributed by atoms with E-state index in [4.69, 9.17) is 4.74 Å². The zero-order chi connectivity index (χ0) is 15.2. The van der Waals surface area contributed by atoms with Crippen LogP contribution in [0.25, 0.3) is 0 Å². The van der Waals surface area contributed by atoms with Gasteiger partial charge in [0.1, 0.15) is 5.82 Å². The Morgan fingerprint density at radius 1 is 1.05 bits per heavy atom. The first-order valence-electron chi connectivity index (χ1n) is 6.03. The van der Waals surface area contributed by atoms with Gasteiger partial charge in [-0.25, -0.2) is 9.18 Å². The van der Waals surface area contributed by atoms with Gasteiger partial charge in [0.15, 0.2) is 6.61 Å². The number of rotatable bonds is 4. The first-order valence-corrected chi connectivity index (χ1v) is 6.82. The Labute approximate surface area is 129 Å². The van der Waals surface area contributed by atoms with E-state index in [9.17, 15) is 14.0 Å². The Kier molecular flexibility index (Phi) is 5.05. The smallest absolute Gasteiger partial charge is 0.338 e. The van der Waals surface area contributed by atoms with Crippen LogP contribution in [0.4, 0.5) is 10.1 Å². The molecule has 1 N–H and O–H groups in total. The van der Waals surface area contributed by atoms with Crippen molar-refractivity contribution in [1.29, 1.82) is 0 Å². The molecule has 1 amide bonds. The number of carbonyl (C=O) groups excluding carboxylic acids is 2. The molecule has 0 aliphatic heterocycles. The summed E-state index contributed by atoms with van der Waals surface area (Å²) in [5.74, 6) is -1.47. The lowest BCUT2D eigenvalue weighted by atomic mass is 10.2. The van der Waals surface area contributed by atoms with Crippen LogP contribution in [0, 0.1) is 5.82 Å². The number of ether oxygens (including phenoxy) is 1. The molecule has 0 saturated carbocycles. The van der Waals surface area contributed by atoms with Crippen molar-refractivity contribution in [2.45, 2.75) is 0 Å². The summed E-state index contributed by atoms with van der Waals surface area (Å²) in [5, 5.41) is 2.49. The van der Waals surface area contributed by atoms with Crippen molar-refractivity contribution < 1.29 is 18.7 Å². The molecule has 0 aliphatic rings. The molecule has 108 valence electrons. The Hall–Kier alpha value is -2.21. The number of carbonyl (C=O) groups is 2. The molecule has 0 aromatic heterocycles. The molecule has 0 unspecified atom stereocenters. The van der Waals surface area contributed by atoms with Crippen LogP contribution in [0.1, 0.15) is 10.4 Å². The molecule has 0 heterocycles. The van der Waals surface area contributed by atoms with Crippen molar-refractivity contribution in [3.63, 3.8) is 0 Å². The number of nitrogens with one attached hydrogen (secondary N) is 1. The highest BCUT2D eigenvalue weighted by molar-refractivity contribution is 9.10. The maximum absolute atomic E-state index is 12.7. The number of hydrogen-bond acceptors (Lipinski definition) is 3. The molecule has 6 heteroatoms. The van der Waals surface area contributed by atoms with E-state index in [1.165, 1.54) is 24.3 Å². The lowest BCUT2D eigenvalue weighted by Crippen LogP contribution is -2.20. The van der Waals surface area contributed by atoms with Gasteiger partial charge in [0.2, 0.25) is 0 Å². The Morgan fingerprint density at radius 2 is 1.67 bits per heavy atom. The molecule has 21 heavy (non-hydrogen) atoms. The molecule has 0 bridgehead atoms. The van der Waals surface area contributed by atoms with Crippen LogP contribution in [0.3, 0.4) is 0 Å². The highest BCUT2D eigenvalue weighted by atomic mass is 79.9. The minimum absolute atomic E-state index is 0.354. The van der Waals surface area contributed by atoms with Gasteiger partial charge < -0.3 is 10.1 Å². The quantitative estimate of drug-likeness (QED) is 0.859. The zero-order valence-corrected chi connectivity index (χ0v) is 12.4. The fourth-order valence-electron chi connectivity index (χ4n) is 1.53. The zero-order valence-electron chi connectivity index (χ0n) is 10.8. The van der Waals surface area contributed by atoms with Crippen molar-refractivity contribution in [2.24, 2.45) is 0 Å². The normalized spacial score (nSPS) is 10.0. The van der Waals surface area contributed by atoms with Crippen molar-refractivity contribution in [2.75, 3.05) is 11.9 Å². The maximum atomic E-state index is 12.7. The fraction of sp³-hybridized carbons (Fsp3) is 0.0667. The van der Waals surface area contributed by atoms with E-state index in [0.717, 1.165) is 4.47 Å². The Morgan fingerprint density at radius 3 is 2.29 bits per heavy atom. The van der Waals surface area contributed by atoms with Gasteiger partial charge >= 0.3 is 5.97 Å². The largest absolute Gasteiger partial charge is 0.452 e. The summed E-state index contributed by atoms with van der Waals surface area (Å²) in [5.41, 5.74) is 0.786. The van der Waals surface area contributed by atoms with Crippen molar-refractivity contribution in [3.05, 3.63) is 64.4 Å². The highest BCUT2D eigenvalue weighted by Crippen LogP contribution is 2.11. The van der Waals surface area contributed by atoms with Gasteiger partial charge in [-0.05, 0) is 48.5 Å². The molecule has 2 rings (SSSR count). The third-order valence-corrected chi connectivity index (χ3v) is 3.07. The van der Waals surface area contributed by atoms with Crippen molar-refractivity contribution in [3.8, 4) is 0 Å². The van der Waals surface area contributed by atoms with Crippen molar-refractivity contribution >= 4 is 33.5 Å². The number of anilines is 1. The van der Waals surface area contributed by atoms with Crippen LogP contribution in [-0.4, -0.2) is 18.5 Å². The summed E-state index contributed by atoms with van der Waals surface area (Å²) < 4.78 is 18.4. The number of amides is 1. The van der Waals surface area contributed by atoms with Gasteiger partial charge in [-0.15, -0.1) is 0 Å². The predicted octanol–water partition coefficient (Wildman–Crippen LogP) is 3.38. The van der Waals surface area contributed by atoms with Gasteiger partial charge in [-0.1, -0.05) is 15.9 Å². The molecule has 2 aromatic rings. The lowest BCUT2D eigenvalue weighted by molar-refractivity contribution is -0.119. The molecule has 0 spiro atoms. The number of halogens is 2. The van der Waals surface area contributed by atoms with E-state index >= 15 is 0 Å². The van der Waals surface area contributed by atoms with E-state index in [-0.39, 0.29) is 0 Å². The second kappa shape index (κ2) is 6.99. The predicted molar refractivity (Wildman–Crippen MR) is 79.5 cm³/mol. The summed E-state index contributed by atoms with van der Waals surface area (Å²) in [6.45, 7) is -0.410. The molecule has 2 aromatic carbocycles. The van der Waals surface area contributed by atoms with Gasteiger partial charge in [0, 0.05) is 10.2 Å². The summed E-state index contributed by atoms with van der Waals surface area (Å²) in [6, 6.07) is 11.9. The van der Waals surface area contributed by atoms with Gasteiger partial charge in [0.05, 0.1) is 5.56 Å². The number of esters is 1. The summed E-state index contributed by atoms with van der Waals surface area (Å²) in [6.07, 6.45) is 0.